The number of anilines is 1. The summed E-state index contributed by atoms with van der Waals surface area (Å²) in [6.45, 7) is 4.84. The smallest absolute Gasteiger partial charge is 0.0377 e. The molecule has 1 atom stereocenters. The van der Waals surface area contributed by atoms with Crippen LogP contribution in [0, 0.1) is 11.8 Å². The van der Waals surface area contributed by atoms with Crippen molar-refractivity contribution in [2.45, 2.75) is 19.3 Å². The van der Waals surface area contributed by atoms with Crippen LogP contribution in [0.2, 0.25) is 0 Å². The third-order valence-electron chi connectivity index (χ3n) is 4.02. The third kappa shape index (κ3) is 3.27. The molecule has 1 aliphatic carbocycles. The van der Waals surface area contributed by atoms with Crippen molar-refractivity contribution in [3.63, 3.8) is 0 Å². The molecule has 1 unspecified atom stereocenters. The topological polar surface area (TPSA) is 15.3 Å². The molecule has 0 aromatic heterocycles. The molecular weight excluding hydrogens is 288 g/mol. The van der Waals surface area contributed by atoms with Gasteiger partial charge < -0.3 is 10.2 Å². The molecule has 18 heavy (non-hydrogen) atoms. The Kier molecular flexibility index (Phi) is 3.90. The monoisotopic (exact) mass is 308 g/mol. The maximum atomic E-state index is 3.64. The quantitative estimate of drug-likeness (QED) is 0.898. The molecule has 1 aliphatic heterocycles. The summed E-state index contributed by atoms with van der Waals surface area (Å²) in [6.07, 6.45) is 4.22. The molecule has 2 nitrogen and oxygen atoms in total. The summed E-state index contributed by atoms with van der Waals surface area (Å²) < 4.78 is 1.18. The van der Waals surface area contributed by atoms with E-state index in [0.29, 0.717) is 0 Å². The van der Waals surface area contributed by atoms with Gasteiger partial charge in [-0.15, -0.1) is 0 Å². The Morgan fingerprint density at radius 3 is 2.78 bits per heavy atom. The molecule has 2 aliphatic rings. The average Bonchev–Trinajstić information content (AvgIpc) is 3.06. The summed E-state index contributed by atoms with van der Waals surface area (Å²) in [5.74, 6) is 1.82. The van der Waals surface area contributed by atoms with Gasteiger partial charge >= 0.3 is 0 Å². The molecule has 0 bridgehead atoms. The highest BCUT2D eigenvalue weighted by atomic mass is 79.9. The van der Waals surface area contributed by atoms with E-state index in [0.717, 1.165) is 11.8 Å². The lowest BCUT2D eigenvalue weighted by atomic mass is 10.1. The number of hydrogen-bond donors (Lipinski definition) is 1. The van der Waals surface area contributed by atoms with Crippen molar-refractivity contribution < 1.29 is 0 Å². The number of benzene rings is 1. The van der Waals surface area contributed by atoms with Crippen LogP contribution in [0.25, 0.3) is 0 Å². The highest BCUT2D eigenvalue weighted by molar-refractivity contribution is 9.10. The van der Waals surface area contributed by atoms with E-state index >= 15 is 0 Å². The van der Waals surface area contributed by atoms with Crippen LogP contribution in [0.4, 0.5) is 5.69 Å². The van der Waals surface area contributed by atoms with E-state index in [9.17, 15) is 0 Å². The molecule has 0 spiro atoms. The first-order valence-corrected chi connectivity index (χ1v) is 7.82. The zero-order chi connectivity index (χ0) is 12.4. The van der Waals surface area contributed by atoms with Crippen LogP contribution in [0.3, 0.4) is 0 Å². The van der Waals surface area contributed by atoms with Gasteiger partial charge in [-0.25, -0.2) is 0 Å². The summed E-state index contributed by atoms with van der Waals surface area (Å²) >= 11 is 3.55. The standard InChI is InChI=1S/C15H21BrN2/c16-14-2-1-3-15(8-14)18-7-6-13(11-18)10-17-9-12-4-5-12/h1-3,8,12-13,17H,4-7,9-11H2. The van der Waals surface area contributed by atoms with Gasteiger partial charge in [-0.2, -0.15) is 0 Å². The summed E-state index contributed by atoms with van der Waals surface area (Å²) in [5, 5.41) is 3.64. The molecule has 3 rings (SSSR count). The van der Waals surface area contributed by atoms with E-state index in [1.165, 1.54) is 55.6 Å². The molecule has 1 saturated carbocycles. The zero-order valence-electron chi connectivity index (χ0n) is 10.7. The zero-order valence-corrected chi connectivity index (χ0v) is 12.3. The van der Waals surface area contributed by atoms with E-state index < -0.39 is 0 Å². The molecule has 1 N–H and O–H groups in total. The largest absolute Gasteiger partial charge is 0.371 e. The van der Waals surface area contributed by atoms with Gasteiger partial charge in [0.05, 0.1) is 0 Å². The number of halogens is 1. The van der Waals surface area contributed by atoms with E-state index in [4.69, 9.17) is 0 Å². The summed E-state index contributed by atoms with van der Waals surface area (Å²) in [4.78, 5) is 2.51. The summed E-state index contributed by atoms with van der Waals surface area (Å²) in [7, 11) is 0. The van der Waals surface area contributed by atoms with Gasteiger partial charge in [-0.05, 0) is 62.4 Å². The highest BCUT2D eigenvalue weighted by Gasteiger charge is 2.24. The molecule has 1 aromatic carbocycles. The van der Waals surface area contributed by atoms with E-state index in [1.54, 1.807) is 0 Å². The van der Waals surface area contributed by atoms with Crippen LogP contribution in [-0.4, -0.2) is 26.2 Å². The molecule has 1 saturated heterocycles. The van der Waals surface area contributed by atoms with Crippen LogP contribution < -0.4 is 10.2 Å². The molecular formula is C15H21BrN2. The van der Waals surface area contributed by atoms with Crippen molar-refractivity contribution in [1.29, 1.82) is 0 Å². The Labute approximate surface area is 118 Å². The highest BCUT2D eigenvalue weighted by Crippen LogP contribution is 2.28. The SMILES string of the molecule is Brc1cccc(N2CCC(CNCC3CC3)C2)c1. The van der Waals surface area contributed by atoms with Gasteiger partial charge in [-0.1, -0.05) is 22.0 Å². The van der Waals surface area contributed by atoms with Gasteiger partial charge in [0.15, 0.2) is 0 Å². The minimum absolute atomic E-state index is 0.822. The Morgan fingerprint density at radius 1 is 1.17 bits per heavy atom. The molecule has 0 amide bonds. The predicted molar refractivity (Wildman–Crippen MR) is 80.1 cm³/mol. The fourth-order valence-electron chi connectivity index (χ4n) is 2.72. The Morgan fingerprint density at radius 2 is 2.00 bits per heavy atom. The Balaban J connectivity index is 1.48. The van der Waals surface area contributed by atoms with Crippen molar-refractivity contribution in [1.82, 2.24) is 5.32 Å². The van der Waals surface area contributed by atoms with Crippen LogP contribution in [0.1, 0.15) is 19.3 Å². The predicted octanol–water partition coefficient (Wildman–Crippen LogP) is 3.28. The first kappa shape index (κ1) is 12.5. The number of nitrogens with one attached hydrogen (secondary N) is 1. The number of rotatable bonds is 5. The van der Waals surface area contributed by atoms with Crippen LogP contribution in [0.15, 0.2) is 28.7 Å². The van der Waals surface area contributed by atoms with Gasteiger partial charge in [0.1, 0.15) is 0 Å². The average molecular weight is 309 g/mol. The van der Waals surface area contributed by atoms with Gasteiger partial charge in [0.25, 0.3) is 0 Å². The lowest BCUT2D eigenvalue weighted by Gasteiger charge is -2.19. The first-order valence-electron chi connectivity index (χ1n) is 7.02. The second-order valence-electron chi connectivity index (χ2n) is 5.68. The minimum Gasteiger partial charge on any atom is -0.371 e. The fourth-order valence-corrected chi connectivity index (χ4v) is 3.11. The number of nitrogens with zero attached hydrogens (tertiary/aromatic N) is 1. The molecule has 0 radical (unpaired) electrons. The Bertz CT molecular complexity index is 403. The maximum absolute atomic E-state index is 3.64. The first-order chi connectivity index (χ1) is 8.81. The van der Waals surface area contributed by atoms with Gasteiger partial charge in [0.2, 0.25) is 0 Å². The summed E-state index contributed by atoms with van der Waals surface area (Å²) in [6, 6.07) is 8.65. The van der Waals surface area contributed by atoms with Crippen molar-refractivity contribution in [2.75, 3.05) is 31.1 Å². The molecule has 2 fully saturated rings. The maximum Gasteiger partial charge on any atom is 0.0377 e. The van der Waals surface area contributed by atoms with Crippen LogP contribution in [-0.2, 0) is 0 Å². The molecule has 98 valence electrons. The second-order valence-corrected chi connectivity index (χ2v) is 6.60. The van der Waals surface area contributed by atoms with Crippen molar-refractivity contribution in [3.8, 4) is 0 Å². The Hall–Kier alpha value is -0.540. The molecule has 1 aromatic rings. The lowest BCUT2D eigenvalue weighted by molar-refractivity contribution is 0.506. The van der Waals surface area contributed by atoms with Crippen molar-refractivity contribution in [3.05, 3.63) is 28.7 Å². The number of hydrogen-bond acceptors (Lipinski definition) is 2. The normalized spacial score (nSPS) is 23.6. The van der Waals surface area contributed by atoms with Crippen LogP contribution in [0.5, 0.6) is 0 Å². The van der Waals surface area contributed by atoms with Crippen molar-refractivity contribution >= 4 is 21.6 Å². The lowest BCUT2D eigenvalue weighted by Crippen LogP contribution is -2.27. The van der Waals surface area contributed by atoms with Crippen molar-refractivity contribution in [2.24, 2.45) is 11.8 Å². The van der Waals surface area contributed by atoms with E-state index in [2.05, 4.69) is 50.4 Å². The minimum atomic E-state index is 0.822. The van der Waals surface area contributed by atoms with E-state index in [1.807, 2.05) is 0 Å². The fraction of sp³-hybridized carbons (Fsp3) is 0.600. The molecule has 3 heteroatoms. The third-order valence-corrected chi connectivity index (χ3v) is 4.52. The van der Waals surface area contributed by atoms with E-state index in [-0.39, 0.29) is 0 Å². The second kappa shape index (κ2) is 5.62. The summed E-state index contributed by atoms with van der Waals surface area (Å²) in [5.41, 5.74) is 1.36. The van der Waals surface area contributed by atoms with Gasteiger partial charge in [0, 0.05) is 23.2 Å². The van der Waals surface area contributed by atoms with Crippen LogP contribution >= 0.6 is 15.9 Å². The molecule has 1 heterocycles. The van der Waals surface area contributed by atoms with Gasteiger partial charge in [-0.3, -0.25) is 0 Å².